The maximum atomic E-state index is 13.1. The summed E-state index contributed by atoms with van der Waals surface area (Å²) in [6, 6.07) is 12.4. The van der Waals surface area contributed by atoms with Gasteiger partial charge in [0.2, 0.25) is 10.0 Å². The van der Waals surface area contributed by atoms with Crippen LogP contribution in [0.25, 0.3) is 0 Å². The molecule has 1 N–H and O–H groups in total. The number of carbonyl (C=O) groups is 1. The Morgan fingerprint density at radius 2 is 1.64 bits per heavy atom. The van der Waals surface area contributed by atoms with Gasteiger partial charge in [0.15, 0.2) is 0 Å². The highest BCUT2D eigenvalue weighted by Gasteiger charge is 2.44. The van der Waals surface area contributed by atoms with Crippen LogP contribution in [0, 0.1) is 12.7 Å². The lowest BCUT2D eigenvalue weighted by Crippen LogP contribution is -2.52. The normalized spacial score (nSPS) is 19.5. The van der Waals surface area contributed by atoms with Crippen molar-refractivity contribution in [3.63, 3.8) is 0 Å². The maximum absolute atomic E-state index is 13.1. The summed E-state index contributed by atoms with van der Waals surface area (Å²) in [5.74, 6) is -0.700. The summed E-state index contributed by atoms with van der Waals surface area (Å²) >= 11 is 0. The summed E-state index contributed by atoms with van der Waals surface area (Å²) in [5.41, 5.74) is 0.994. The molecule has 0 unspecified atom stereocenters. The van der Waals surface area contributed by atoms with Crippen LogP contribution in [-0.2, 0) is 14.8 Å². The molecule has 0 radical (unpaired) electrons. The fraction of sp³-hybridized carbons (Fsp3) is 0.300. The Morgan fingerprint density at radius 3 is 2.25 bits per heavy atom. The van der Waals surface area contributed by atoms with Crippen molar-refractivity contribution < 1.29 is 17.6 Å². The van der Waals surface area contributed by atoms with Crippen LogP contribution < -0.4 is 5.32 Å². The second-order valence-electron chi connectivity index (χ2n) is 7.17. The minimum atomic E-state index is -3.58. The molecule has 146 valence electrons. The molecule has 0 aliphatic carbocycles. The fourth-order valence-electron chi connectivity index (χ4n) is 3.56. The highest BCUT2D eigenvalue weighted by Crippen LogP contribution is 2.31. The minimum Gasteiger partial charge on any atom is -0.326 e. The molecule has 6 nitrogen and oxygen atoms in total. The smallest absolute Gasteiger partial charge is 0.272 e. The monoisotopic (exact) mass is 401 g/mol. The van der Waals surface area contributed by atoms with Crippen molar-refractivity contribution in [3.8, 4) is 0 Å². The molecule has 4 rings (SSSR count). The first-order valence-corrected chi connectivity index (χ1v) is 10.5. The lowest BCUT2D eigenvalue weighted by molar-refractivity contribution is -0.115. The molecule has 1 amide bonds. The molecule has 0 saturated carbocycles. The van der Waals surface area contributed by atoms with E-state index in [-0.39, 0.29) is 35.4 Å². The van der Waals surface area contributed by atoms with Gasteiger partial charge in [0.25, 0.3) is 5.91 Å². The lowest BCUT2D eigenvalue weighted by atomic mass is 10.00. The van der Waals surface area contributed by atoms with Gasteiger partial charge >= 0.3 is 0 Å². The third-order valence-corrected chi connectivity index (χ3v) is 7.13. The third kappa shape index (κ3) is 3.33. The van der Waals surface area contributed by atoms with E-state index in [4.69, 9.17) is 0 Å². The molecular formula is C20H20FN3O3S. The Morgan fingerprint density at radius 1 is 1.04 bits per heavy atom. The topological polar surface area (TPSA) is 78.8 Å². The Hall–Kier alpha value is -2.58. The van der Waals surface area contributed by atoms with Gasteiger partial charge in [0.1, 0.15) is 17.2 Å². The number of hydrogen-bond acceptors (Lipinski definition) is 4. The lowest BCUT2D eigenvalue weighted by Gasteiger charge is -2.36. The number of piperidine rings is 1. The molecular weight excluding hydrogens is 381 g/mol. The van der Waals surface area contributed by atoms with Gasteiger partial charge in [0, 0.05) is 31.5 Å². The second kappa shape index (κ2) is 6.79. The first-order chi connectivity index (χ1) is 13.3. The maximum Gasteiger partial charge on any atom is 0.272 e. The number of carbonyl (C=O) groups excluding carboxylic acids is 1. The number of halogens is 1. The van der Waals surface area contributed by atoms with Crippen molar-refractivity contribution in [3.05, 3.63) is 65.5 Å². The summed E-state index contributed by atoms with van der Waals surface area (Å²) < 4.78 is 40.3. The zero-order valence-corrected chi connectivity index (χ0v) is 16.2. The van der Waals surface area contributed by atoms with E-state index in [1.165, 1.54) is 28.6 Å². The molecule has 2 aliphatic rings. The van der Waals surface area contributed by atoms with E-state index in [9.17, 15) is 17.6 Å². The van der Waals surface area contributed by atoms with Crippen molar-refractivity contribution in [2.75, 3.05) is 13.1 Å². The molecule has 2 aliphatic heterocycles. The van der Waals surface area contributed by atoms with Crippen LogP contribution in [0.2, 0.25) is 0 Å². The van der Waals surface area contributed by atoms with E-state index in [0.29, 0.717) is 18.4 Å². The van der Waals surface area contributed by atoms with Gasteiger partial charge in [-0.05, 0) is 43.3 Å². The van der Waals surface area contributed by atoms with Crippen molar-refractivity contribution in [1.82, 2.24) is 9.62 Å². The van der Waals surface area contributed by atoms with Crippen LogP contribution >= 0.6 is 0 Å². The molecule has 2 heterocycles. The van der Waals surface area contributed by atoms with Gasteiger partial charge in [-0.15, -0.1) is 0 Å². The molecule has 0 bridgehead atoms. The predicted molar refractivity (Wildman–Crippen MR) is 103 cm³/mol. The largest absolute Gasteiger partial charge is 0.326 e. The number of benzene rings is 2. The van der Waals surface area contributed by atoms with Crippen LogP contribution in [0.1, 0.15) is 24.0 Å². The van der Waals surface area contributed by atoms with Crippen molar-refractivity contribution in [2.24, 2.45) is 4.99 Å². The Labute approximate surface area is 163 Å². The molecule has 2 aromatic rings. The van der Waals surface area contributed by atoms with E-state index >= 15 is 0 Å². The SMILES string of the molecule is Cc1ccc(S(=O)(=O)N2CCC3(CC2)N=C(c2ccc(F)cc2)C(=O)N3)cc1. The first-order valence-electron chi connectivity index (χ1n) is 9.04. The number of nitrogens with zero attached hydrogens (tertiary/aromatic N) is 2. The average molecular weight is 401 g/mol. The van der Waals surface area contributed by atoms with E-state index < -0.39 is 15.7 Å². The summed E-state index contributed by atoms with van der Waals surface area (Å²) in [6.07, 6.45) is 0.767. The van der Waals surface area contributed by atoms with E-state index in [2.05, 4.69) is 10.3 Å². The van der Waals surface area contributed by atoms with Gasteiger partial charge in [-0.25, -0.2) is 12.8 Å². The average Bonchev–Trinajstić information content (AvgIpc) is 2.99. The van der Waals surface area contributed by atoms with E-state index in [0.717, 1.165) is 5.56 Å². The Balaban J connectivity index is 1.53. The number of amides is 1. The van der Waals surface area contributed by atoms with Crippen molar-refractivity contribution in [2.45, 2.75) is 30.3 Å². The van der Waals surface area contributed by atoms with Crippen LogP contribution in [-0.4, -0.2) is 43.1 Å². The van der Waals surface area contributed by atoms with E-state index in [1.54, 1.807) is 24.3 Å². The molecule has 0 atom stereocenters. The fourth-order valence-corrected chi connectivity index (χ4v) is 5.00. The van der Waals surface area contributed by atoms with Crippen LogP contribution in [0.15, 0.2) is 58.4 Å². The van der Waals surface area contributed by atoms with Crippen LogP contribution in [0.4, 0.5) is 4.39 Å². The third-order valence-electron chi connectivity index (χ3n) is 5.21. The molecule has 28 heavy (non-hydrogen) atoms. The highest BCUT2D eigenvalue weighted by molar-refractivity contribution is 7.89. The molecule has 1 spiro atoms. The highest BCUT2D eigenvalue weighted by atomic mass is 32.2. The molecule has 1 fully saturated rings. The predicted octanol–water partition coefficient (Wildman–Crippen LogP) is 2.23. The van der Waals surface area contributed by atoms with Crippen LogP contribution in [0.3, 0.4) is 0 Å². The number of hydrogen-bond donors (Lipinski definition) is 1. The van der Waals surface area contributed by atoms with Crippen molar-refractivity contribution in [1.29, 1.82) is 0 Å². The van der Waals surface area contributed by atoms with Crippen molar-refractivity contribution >= 4 is 21.6 Å². The summed E-state index contributed by atoms with van der Waals surface area (Å²) in [4.78, 5) is 17.2. The van der Waals surface area contributed by atoms with Gasteiger partial charge < -0.3 is 5.32 Å². The number of aryl methyl sites for hydroxylation is 1. The van der Waals surface area contributed by atoms with E-state index in [1.807, 2.05) is 6.92 Å². The number of nitrogens with one attached hydrogen (secondary N) is 1. The zero-order chi connectivity index (χ0) is 19.9. The minimum absolute atomic E-state index is 0.259. The number of aliphatic imine (C=N–C) groups is 1. The molecule has 1 saturated heterocycles. The van der Waals surface area contributed by atoms with Gasteiger partial charge in [0.05, 0.1) is 4.90 Å². The van der Waals surface area contributed by atoms with Gasteiger partial charge in [-0.1, -0.05) is 17.7 Å². The Kier molecular flexibility index (Phi) is 4.55. The summed E-state index contributed by atoms with van der Waals surface area (Å²) in [7, 11) is -3.58. The summed E-state index contributed by atoms with van der Waals surface area (Å²) in [6.45, 7) is 2.42. The first kappa shape index (κ1) is 18.8. The van der Waals surface area contributed by atoms with Gasteiger partial charge in [-0.2, -0.15) is 4.31 Å². The standard InChI is InChI=1S/C20H20FN3O3S/c1-14-2-8-17(9-3-14)28(26,27)24-12-10-20(11-13-24)22-18(19(25)23-20)15-4-6-16(21)7-5-15/h2-9H,10-13H2,1H3,(H,23,25). The summed E-state index contributed by atoms with van der Waals surface area (Å²) in [5, 5.41) is 2.89. The quantitative estimate of drug-likeness (QED) is 0.857. The molecule has 8 heteroatoms. The zero-order valence-electron chi connectivity index (χ0n) is 15.4. The van der Waals surface area contributed by atoms with Crippen LogP contribution in [0.5, 0.6) is 0 Å². The Bertz CT molecular complexity index is 1040. The van der Waals surface area contributed by atoms with Gasteiger partial charge in [-0.3, -0.25) is 9.79 Å². The molecule has 2 aromatic carbocycles. The number of sulfonamides is 1. The molecule has 0 aromatic heterocycles. The number of rotatable bonds is 3. The second-order valence-corrected chi connectivity index (χ2v) is 9.11.